The van der Waals surface area contributed by atoms with Crippen molar-refractivity contribution in [3.63, 3.8) is 0 Å². The molecule has 0 saturated carbocycles. The first-order valence-electron chi connectivity index (χ1n) is 6.38. The second-order valence-electron chi connectivity index (χ2n) is 5.99. The van der Waals surface area contributed by atoms with Gasteiger partial charge in [-0.15, -0.1) is 11.3 Å². The summed E-state index contributed by atoms with van der Waals surface area (Å²) in [6.45, 7) is 7.09. The van der Waals surface area contributed by atoms with Crippen LogP contribution in [0.5, 0.6) is 0 Å². The highest BCUT2D eigenvalue weighted by molar-refractivity contribution is 7.14. The Kier molecular flexibility index (Phi) is 3.38. The van der Waals surface area contributed by atoms with Gasteiger partial charge in [-0.05, 0) is 37.1 Å². The van der Waals surface area contributed by atoms with E-state index in [2.05, 4.69) is 0 Å². The molecule has 0 aromatic carbocycles. The van der Waals surface area contributed by atoms with Gasteiger partial charge >= 0.3 is 5.97 Å². The molecule has 2 rings (SSSR count). The Morgan fingerprint density at radius 1 is 1.35 bits per heavy atom. The quantitative estimate of drug-likeness (QED) is 0.879. The van der Waals surface area contributed by atoms with Crippen LogP contribution in [0.25, 0.3) is 0 Å². The van der Waals surface area contributed by atoms with Crippen molar-refractivity contribution in [3.05, 3.63) is 33.0 Å². The van der Waals surface area contributed by atoms with Gasteiger partial charge in [0.25, 0.3) is 0 Å². The van der Waals surface area contributed by atoms with Crippen molar-refractivity contribution in [2.24, 2.45) is 5.41 Å². The van der Waals surface area contributed by atoms with Gasteiger partial charge < -0.3 is 10.2 Å². The topological polar surface area (TPSA) is 74.6 Å². The highest BCUT2D eigenvalue weighted by atomic mass is 32.1. The maximum atomic E-state index is 11.7. The summed E-state index contributed by atoms with van der Waals surface area (Å²) in [5.74, 6) is -1.00. The van der Waals surface area contributed by atoms with E-state index in [4.69, 9.17) is 5.11 Å². The molecule has 20 heavy (non-hydrogen) atoms. The van der Waals surface area contributed by atoms with Gasteiger partial charge in [0.2, 0.25) is 0 Å². The summed E-state index contributed by atoms with van der Waals surface area (Å²) in [4.78, 5) is 23.7. The van der Waals surface area contributed by atoms with Crippen LogP contribution in [0.4, 0.5) is 0 Å². The van der Waals surface area contributed by atoms with Gasteiger partial charge in [-0.25, -0.2) is 4.79 Å². The van der Waals surface area contributed by atoms with Crippen LogP contribution in [0.15, 0.2) is 17.7 Å². The number of aromatic carboxylic acids is 1. The minimum absolute atomic E-state index is 0.0103. The van der Waals surface area contributed by atoms with Crippen LogP contribution in [0.1, 0.15) is 47.3 Å². The van der Waals surface area contributed by atoms with Crippen LogP contribution >= 0.6 is 11.3 Å². The maximum Gasteiger partial charge on any atom is 0.346 e. The average Bonchev–Trinajstić information content (AvgIpc) is 2.67. The lowest BCUT2D eigenvalue weighted by molar-refractivity contribution is -0.124. The molecule has 1 aliphatic carbocycles. The van der Waals surface area contributed by atoms with Gasteiger partial charge in [-0.2, -0.15) is 0 Å². The molecule has 0 radical (unpaired) electrons. The lowest BCUT2D eigenvalue weighted by Crippen LogP contribution is -2.46. The van der Waals surface area contributed by atoms with Crippen LogP contribution in [0, 0.1) is 12.3 Å². The molecule has 0 amide bonds. The smallest absolute Gasteiger partial charge is 0.346 e. The summed E-state index contributed by atoms with van der Waals surface area (Å²) >= 11 is 1.08. The van der Waals surface area contributed by atoms with E-state index in [1.54, 1.807) is 19.9 Å². The van der Waals surface area contributed by atoms with Gasteiger partial charge in [-0.1, -0.05) is 13.8 Å². The zero-order valence-corrected chi connectivity index (χ0v) is 12.8. The molecule has 2 N–H and O–H groups in total. The SMILES string of the molecule is CC1=CC(=O)CC(C)(C)C1(O)c1cc(C)c(C(=O)O)s1. The fourth-order valence-corrected chi connectivity index (χ4v) is 4.24. The Labute approximate surface area is 121 Å². The molecule has 1 aliphatic rings. The molecule has 0 bridgehead atoms. The molecule has 1 aromatic heterocycles. The largest absolute Gasteiger partial charge is 0.477 e. The van der Waals surface area contributed by atoms with Gasteiger partial charge in [0.05, 0.1) is 0 Å². The number of aliphatic hydroxyl groups is 1. The van der Waals surface area contributed by atoms with Crippen molar-refractivity contribution in [2.75, 3.05) is 0 Å². The van der Waals surface area contributed by atoms with Crippen molar-refractivity contribution < 1.29 is 19.8 Å². The Morgan fingerprint density at radius 3 is 2.40 bits per heavy atom. The summed E-state index contributed by atoms with van der Waals surface area (Å²) in [5.41, 5.74) is -0.775. The Balaban J connectivity index is 2.64. The second-order valence-corrected chi connectivity index (χ2v) is 7.04. The minimum Gasteiger partial charge on any atom is -0.477 e. The van der Waals surface area contributed by atoms with Crippen molar-refractivity contribution in [3.8, 4) is 0 Å². The number of allylic oxidation sites excluding steroid dienone is 1. The number of rotatable bonds is 2. The standard InChI is InChI=1S/C15H18O4S/c1-8-5-11(20-12(8)13(17)18)15(19)9(2)6-10(16)7-14(15,3)4/h5-6,19H,7H2,1-4H3,(H,17,18). The summed E-state index contributed by atoms with van der Waals surface area (Å²) in [6.07, 6.45) is 1.70. The number of carboxylic acids is 1. The van der Waals surface area contributed by atoms with Crippen LogP contribution in [0.3, 0.4) is 0 Å². The predicted octanol–water partition coefficient (Wildman–Crippen LogP) is 2.89. The van der Waals surface area contributed by atoms with Gasteiger partial charge in [0, 0.05) is 16.7 Å². The van der Waals surface area contributed by atoms with Gasteiger partial charge in [0.1, 0.15) is 10.5 Å². The van der Waals surface area contributed by atoms with E-state index in [-0.39, 0.29) is 17.1 Å². The second kappa shape index (κ2) is 4.53. The monoisotopic (exact) mass is 294 g/mol. The van der Waals surface area contributed by atoms with E-state index in [0.717, 1.165) is 11.3 Å². The van der Waals surface area contributed by atoms with E-state index in [0.29, 0.717) is 16.0 Å². The first-order valence-corrected chi connectivity index (χ1v) is 7.19. The number of ketones is 1. The van der Waals surface area contributed by atoms with Gasteiger partial charge in [0.15, 0.2) is 5.78 Å². The van der Waals surface area contributed by atoms with E-state index in [9.17, 15) is 14.7 Å². The third-order valence-electron chi connectivity index (χ3n) is 4.01. The zero-order chi connectivity index (χ0) is 15.3. The molecule has 0 fully saturated rings. The molecule has 1 unspecified atom stereocenters. The molecule has 4 nitrogen and oxygen atoms in total. The highest BCUT2D eigenvalue weighted by Crippen LogP contribution is 2.52. The predicted molar refractivity (Wildman–Crippen MR) is 77.1 cm³/mol. The maximum absolute atomic E-state index is 11.7. The van der Waals surface area contributed by atoms with E-state index in [1.807, 2.05) is 13.8 Å². The normalized spacial score (nSPS) is 25.4. The van der Waals surface area contributed by atoms with E-state index < -0.39 is 17.0 Å². The van der Waals surface area contributed by atoms with Gasteiger partial charge in [-0.3, -0.25) is 4.79 Å². The Hall–Kier alpha value is -1.46. The molecule has 1 aromatic rings. The van der Waals surface area contributed by atoms with Crippen LogP contribution in [0.2, 0.25) is 0 Å². The summed E-state index contributed by atoms with van der Waals surface area (Å²) < 4.78 is 0. The molecule has 5 heteroatoms. The molecule has 1 heterocycles. The van der Waals surface area contributed by atoms with E-state index in [1.165, 1.54) is 6.08 Å². The molecule has 108 valence electrons. The average molecular weight is 294 g/mol. The zero-order valence-electron chi connectivity index (χ0n) is 12.0. The van der Waals surface area contributed by atoms with Crippen molar-refractivity contribution in [1.29, 1.82) is 0 Å². The number of carbonyl (C=O) groups excluding carboxylic acids is 1. The fourth-order valence-electron chi connectivity index (χ4n) is 2.89. The molecule has 0 aliphatic heterocycles. The fraction of sp³-hybridized carbons (Fsp3) is 0.467. The number of hydrogen-bond acceptors (Lipinski definition) is 4. The van der Waals surface area contributed by atoms with Crippen LogP contribution in [-0.4, -0.2) is 22.0 Å². The van der Waals surface area contributed by atoms with Crippen LogP contribution in [-0.2, 0) is 10.4 Å². The number of thiophene rings is 1. The van der Waals surface area contributed by atoms with Crippen LogP contribution < -0.4 is 0 Å². The summed E-state index contributed by atoms with van der Waals surface area (Å²) in [6, 6.07) is 1.71. The number of hydrogen-bond donors (Lipinski definition) is 2. The molecule has 0 saturated heterocycles. The van der Waals surface area contributed by atoms with Crippen molar-refractivity contribution in [1.82, 2.24) is 0 Å². The Morgan fingerprint density at radius 2 is 1.95 bits per heavy atom. The molecular weight excluding hydrogens is 276 g/mol. The lowest BCUT2D eigenvalue weighted by Gasteiger charge is -2.45. The third-order valence-corrected chi connectivity index (χ3v) is 5.35. The molecular formula is C15H18O4S. The first-order chi connectivity index (χ1) is 9.09. The Bertz CT molecular complexity index is 624. The molecule has 1 atom stereocenters. The number of carbonyl (C=O) groups is 2. The van der Waals surface area contributed by atoms with Crippen molar-refractivity contribution >= 4 is 23.1 Å². The number of carboxylic acid groups (broad SMARTS) is 1. The lowest BCUT2D eigenvalue weighted by atomic mass is 9.64. The molecule has 0 spiro atoms. The summed E-state index contributed by atoms with van der Waals surface area (Å²) in [7, 11) is 0. The van der Waals surface area contributed by atoms with E-state index >= 15 is 0 Å². The summed E-state index contributed by atoms with van der Waals surface area (Å²) in [5, 5.41) is 20.3. The number of aryl methyl sites for hydroxylation is 1. The minimum atomic E-state index is -1.30. The third kappa shape index (κ3) is 2.01. The highest BCUT2D eigenvalue weighted by Gasteiger charge is 2.50. The van der Waals surface area contributed by atoms with Crippen molar-refractivity contribution in [2.45, 2.75) is 39.7 Å². The first kappa shape index (κ1) is 14.9.